The summed E-state index contributed by atoms with van der Waals surface area (Å²) in [5.41, 5.74) is 2.32. The van der Waals surface area contributed by atoms with Crippen LogP contribution in [0.3, 0.4) is 0 Å². The number of hydrogen-bond donors (Lipinski definition) is 1. The van der Waals surface area contributed by atoms with Crippen LogP contribution in [0, 0.1) is 5.41 Å². The average molecular weight is 405 g/mol. The van der Waals surface area contributed by atoms with Crippen molar-refractivity contribution in [3.8, 4) is 11.5 Å². The van der Waals surface area contributed by atoms with Gasteiger partial charge in [-0.2, -0.15) is 0 Å². The second-order valence-electron chi connectivity index (χ2n) is 8.72. The van der Waals surface area contributed by atoms with Gasteiger partial charge in [0.15, 0.2) is 5.78 Å². The molecule has 1 atom stereocenters. The number of phenols is 1. The summed E-state index contributed by atoms with van der Waals surface area (Å²) in [5, 5.41) is 12.6. The largest absolute Gasteiger partial charge is 0.508 e. The van der Waals surface area contributed by atoms with Crippen molar-refractivity contribution < 1.29 is 14.6 Å². The highest BCUT2D eigenvalue weighted by Crippen LogP contribution is 2.53. The predicted octanol–water partition coefficient (Wildman–Crippen LogP) is 6.37. The molecule has 0 spiro atoms. The molecule has 3 nitrogen and oxygen atoms in total. The Hall–Kier alpha value is -2.78. The smallest absolute Gasteiger partial charge is 0.163 e. The quantitative estimate of drug-likeness (QED) is 0.512. The Morgan fingerprint density at radius 3 is 2.62 bits per heavy atom. The summed E-state index contributed by atoms with van der Waals surface area (Å²) in [6.45, 7) is 4.19. The lowest BCUT2D eigenvalue weighted by Gasteiger charge is -2.39. The summed E-state index contributed by atoms with van der Waals surface area (Å²) in [6.07, 6.45) is 1.17. The minimum Gasteiger partial charge on any atom is -0.508 e. The Kier molecular flexibility index (Phi) is 4.01. The van der Waals surface area contributed by atoms with Gasteiger partial charge in [-0.3, -0.25) is 4.79 Å². The van der Waals surface area contributed by atoms with Crippen molar-refractivity contribution >= 4 is 28.2 Å². The third-order valence-corrected chi connectivity index (χ3v) is 6.26. The first-order valence-corrected chi connectivity index (χ1v) is 10.2. The number of ether oxygens (including phenoxy) is 1. The van der Waals surface area contributed by atoms with Gasteiger partial charge in [-0.25, -0.2) is 0 Å². The van der Waals surface area contributed by atoms with E-state index in [4.69, 9.17) is 16.3 Å². The lowest BCUT2D eigenvalue weighted by molar-refractivity contribution is -0.118. The Morgan fingerprint density at radius 1 is 1.07 bits per heavy atom. The Bertz CT molecular complexity index is 1210. The molecule has 146 valence electrons. The van der Waals surface area contributed by atoms with E-state index in [0.717, 1.165) is 33.4 Å². The van der Waals surface area contributed by atoms with Gasteiger partial charge in [-0.1, -0.05) is 55.8 Å². The molecule has 1 aliphatic carbocycles. The van der Waals surface area contributed by atoms with Crippen LogP contribution in [0.4, 0.5) is 0 Å². The van der Waals surface area contributed by atoms with Crippen LogP contribution in [0.5, 0.6) is 11.5 Å². The Balaban J connectivity index is 1.85. The fourth-order valence-corrected chi connectivity index (χ4v) is 4.93. The molecule has 4 heteroatoms. The summed E-state index contributed by atoms with van der Waals surface area (Å²) < 4.78 is 6.32. The number of aromatic hydroxyl groups is 1. The maximum absolute atomic E-state index is 13.3. The molecule has 29 heavy (non-hydrogen) atoms. The van der Waals surface area contributed by atoms with Crippen LogP contribution in [-0.4, -0.2) is 10.9 Å². The maximum Gasteiger partial charge on any atom is 0.163 e. The molecule has 1 unspecified atom stereocenters. The second-order valence-corrected chi connectivity index (χ2v) is 9.12. The summed E-state index contributed by atoms with van der Waals surface area (Å²) in [6, 6.07) is 16.9. The van der Waals surface area contributed by atoms with Crippen molar-refractivity contribution in [1.82, 2.24) is 0 Å². The zero-order chi connectivity index (χ0) is 20.3. The first-order chi connectivity index (χ1) is 13.8. The SMILES string of the molecule is CC1(C)CC(=O)C2=C(C1)Oc1ccc3ccc(O)cc3c1C2c1ccccc1Cl. The molecule has 1 N–H and O–H groups in total. The number of Topliss-reactive ketones (excluding diaryl/α,β-unsaturated/α-hetero) is 1. The average Bonchev–Trinajstić information content (AvgIpc) is 2.65. The van der Waals surface area contributed by atoms with Gasteiger partial charge in [0.2, 0.25) is 0 Å². The zero-order valence-electron chi connectivity index (χ0n) is 16.3. The predicted molar refractivity (Wildman–Crippen MR) is 115 cm³/mol. The van der Waals surface area contributed by atoms with E-state index >= 15 is 0 Å². The molecule has 3 aromatic carbocycles. The number of carbonyl (C=O) groups excluding carboxylic acids is 1. The Labute approximate surface area is 174 Å². The summed E-state index contributed by atoms with van der Waals surface area (Å²) in [7, 11) is 0. The lowest BCUT2D eigenvalue weighted by Crippen LogP contribution is -2.33. The number of fused-ring (bicyclic) bond motifs is 3. The molecule has 0 bridgehead atoms. The molecule has 0 saturated heterocycles. The molecule has 0 amide bonds. The van der Waals surface area contributed by atoms with Gasteiger partial charge in [-0.15, -0.1) is 0 Å². The Morgan fingerprint density at radius 2 is 1.83 bits per heavy atom. The van der Waals surface area contributed by atoms with E-state index in [0.29, 0.717) is 23.4 Å². The van der Waals surface area contributed by atoms with Crippen molar-refractivity contribution in [1.29, 1.82) is 0 Å². The number of phenolic OH excluding ortho intramolecular Hbond substituents is 1. The van der Waals surface area contributed by atoms with Gasteiger partial charge in [0.25, 0.3) is 0 Å². The fraction of sp³-hybridized carbons (Fsp3) is 0.240. The van der Waals surface area contributed by atoms with Gasteiger partial charge in [-0.05, 0) is 46.0 Å². The van der Waals surface area contributed by atoms with Crippen molar-refractivity contribution in [2.45, 2.75) is 32.6 Å². The zero-order valence-corrected chi connectivity index (χ0v) is 17.1. The van der Waals surface area contributed by atoms with E-state index in [9.17, 15) is 9.90 Å². The number of hydrogen-bond acceptors (Lipinski definition) is 3. The van der Waals surface area contributed by atoms with E-state index in [1.54, 1.807) is 12.1 Å². The summed E-state index contributed by atoms with van der Waals surface area (Å²) in [5.74, 6) is 1.42. The van der Waals surface area contributed by atoms with Gasteiger partial charge in [0.05, 0.1) is 0 Å². The van der Waals surface area contributed by atoms with Crippen LogP contribution in [-0.2, 0) is 4.79 Å². The molecule has 0 saturated carbocycles. The number of halogens is 1. The molecule has 5 rings (SSSR count). The van der Waals surface area contributed by atoms with Gasteiger partial charge in [0, 0.05) is 34.9 Å². The van der Waals surface area contributed by atoms with Crippen LogP contribution in [0.15, 0.2) is 65.9 Å². The molecule has 0 aromatic heterocycles. The monoisotopic (exact) mass is 404 g/mol. The highest BCUT2D eigenvalue weighted by molar-refractivity contribution is 6.31. The number of benzene rings is 3. The van der Waals surface area contributed by atoms with Crippen molar-refractivity contribution in [3.05, 3.63) is 82.1 Å². The molecule has 3 aromatic rings. The van der Waals surface area contributed by atoms with E-state index in [1.807, 2.05) is 42.5 Å². The first kappa shape index (κ1) is 18.3. The third-order valence-electron chi connectivity index (χ3n) is 5.91. The molecule has 2 aliphatic rings. The van der Waals surface area contributed by atoms with Crippen LogP contribution in [0.1, 0.15) is 43.7 Å². The number of carbonyl (C=O) groups is 1. The van der Waals surface area contributed by atoms with Crippen molar-refractivity contribution in [3.63, 3.8) is 0 Å². The molecule has 0 radical (unpaired) electrons. The van der Waals surface area contributed by atoms with Gasteiger partial charge >= 0.3 is 0 Å². The van der Waals surface area contributed by atoms with Crippen molar-refractivity contribution in [2.75, 3.05) is 0 Å². The first-order valence-electron chi connectivity index (χ1n) is 9.78. The summed E-state index contributed by atoms with van der Waals surface area (Å²) >= 11 is 6.62. The lowest BCUT2D eigenvalue weighted by atomic mass is 9.69. The minimum absolute atomic E-state index is 0.101. The maximum atomic E-state index is 13.3. The van der Waals surface area contributed by atoms with E-state index in [1.165, 1.54) is 0 Å². The molecular weight excluding hydrogens is 384 g/mol. The standard InChI is InChI=1S/C25H21ClO3/c1-25(2)12-19(28)24-21(13-25)29-20-10-8-14-7-9-15(27)11-17(14)22(20)23(24)16-5-3-4-6-18(16)26/h3-11,23,27H,12-13H2,1-2H3. The molecule has 0 fully saturated rings. The molecule has 1 heterocycles. The van der Waals surface area contributed by atoms with E-state index in [2.05, 4.69) is 13.8 Å². The minimum atomic E-state index is -0.323. The van der Waals surface area contributed by atoms with E-state index in [-0.39, 0.29) is 22.9 Å². The normalized spacial score (nSPS) is 20.2. The highest BCUT2D eigenvalue weighted by atomic mass is 35.5. The van der Waals surface area contributed by atoms with Gasteiger partial charge < -0.3 is 9.84 Å². The van der Waals surface area contributed by atoms with Crippen LogP contribution < -0.4 is 4.74 Å². The summed E-state index contributed by atoms with van der Waals surface area (Å²) in [4.78, 5) is 13.3. The van der Waals surface area contributed by atoms with Crippen molar-refractivity contribution in [2.24, 2.45) is 5.41 Å². The van der Waals surface area contributed by atoms with E-state index < -0.39 is 0 Å². The number of ketones is 1. The molecular formula is C25H21ClO3. The van der Waals surface area contributed by atoms with Crippen LogP contribution >= 0.6 is 11.6 Å². The second kappa shape index (κ2) is 6.36. The van der Waals surface area contributed by atoms with Crippen LogP contribution in [0.25, 0.3) is 10.8 Å². The number of rotatable bonds is 1. The van der Waals surface area contributed by atoms with Crippen LogP contribution in [0.2, 0.25) is 5.02 Å². The fourth-order valence-electron chi connectivity index (χ4n) is 4.69. The highest BCUT2D eigenvalue weighted by Gasteiger charge is 2.43. The topological polar surface area (TPSA) is 46.5 Å². The van der Waals surface area contributed by atoms with Gasteiger partial charge in [0.1, 0.15) is 17.3 Å². The molecule has 1 aliphatic heterocycles. The number of allylic oxidation sites excluding steroid dienone is 2. The third kappa shape index (κ3) is 2.92.